The smallest absolute Gasteiger partial charge is 0.326 e. The maximum absolute atomic E-state index is 13.7. The van der Waals surface area contributed by atoms with Crippen molar-refractivity contribution in [2.24, 2.45) is 29.0 Å². The fourth-order valence-electron chi connectivity index (χ4n) is 5.57. The van der Waals surface area contributed by atoms with E-state index in [1.165, 1.54) is 11.8 Å². The van der Waals surface area contributed by atoms with E-state index in [0.29, 0.717) is 25.8 Å². The average Bonchev–Trinajstić information content (AvgIpc) is 3.58. The number of likely N-dealkylation sites (tertiary alicyclic amines) is 1. The fourth-order valence-corrected chi connectivity index (χ4v) is 5.57. The summed E-state index contributed by atoms with van der Waals surface area (Å²) in [5.74, 6) is -7.95. The minimum atomic E-state index is -1.55. The van der Waals surface area contributed by atoms with E-state index in [-0.39, 0.29) is 32.2 Å². The Labute approximate surface area is 309 Å². The number of carbonyl (C=O) groups is 8. The number of unbranched alkanes of at least 4 members (excludes halogenated alkanes) is 1. The number of hydrogen-bond acceptors (Lipinski definition) is 12. The second-order valence-corrected chi connectivity index (χ2v) is 13.9. The van der Waals surface area contributed by atoms with E-state index in [1.54, 1.807) is 27.7 Å². The van der Waals surface area contributed by atoms with Crippen molar-refractivity contribution >= 4 is 47.3 Å². The number of carbonyl (C=O) groups excluding carboxylic acids is 7. The minimum absolute atomic E-state index is 0.164. The molecule has 302 valence electrons. The number of hydrogen-bond donors (Lipinski definition) is 11. The number of rotatable bonds is 23. The van der Waals surface area contributed by atoms with Gasteiger partial charge in [0.1, 0.15) is 42.3 Å². The molecule has 0 aromatic heterocycles. The predicted octanol–water partition coefficient (Wildman–Crippen LogP) is -4.11. The van der Waals surface area contributed by atoms with Gasteiger partial charge in [-0.2, -0.15) is 0 Å². The lowest BCUT2D eigenvalue weighted by Gasteiger charge is -2.31. The molecule has 7 amide bonds. The summed E-state index contributed by atoms with van der Waals surface area (Å²) in [6, 6.07) is -8.96. The number of nitrogens with one attached hydrogen (secondary N) is 5. The van der Waals surface area contributed by atoms with Crippen LogP contribution in [0.25, 0.3) is 0 Å². The molecule has 1 aliphatic heterocycles. The van der Waals surface area contributed by atoms with Crippen molar-refractivity contribution in [3.8, 4) is 0 Å². The SMILES string of the molecule is CC(C)[C@H](NC(=O)[C@H](CO)NC(=O)[C@@H]1CCCN1C(=O)[C@H](CCCCN)NC(=O)[C@@H](N)[C@@H](C)O)C(=O)N[C@H](C(=O)N[C@@H](CCC(N)=O)C(=O)O)C(C)C. The van der Waals surface area contributed by atoms with Gasteiger partial charge >= 0.3 is 5.97 Å². The van der Waals surface area contributed by atoms with E-state index >= 15 is 0 Å². The molecular weight excluding hydrogens is 698 g/mol. The lowest BCUT2D eigenvalue weighted by molar-refractivity contribution is -0.143. The molecule has 1 aliphatic rings. The Morgan fingerprint density at radius 1 is 0.755 bits per heavy atom. The Morgan fingerprint density at radius 2 is 1.30 bits per heavy atom. The Kier molecular flexibility index (Phi) is 19.9. The first kappa shape index (κ1) is 46.6. The summed E-state index contributed by atoms with van der Waals surface area (Å²) in [7, 11) is 0. The standard InChI is InChI=1S/C33H59N9O11/c1-16(2)25(30(49)38-20(33(52)53)11-12-23(35)45)41-31(50)26(17(3)4)40-27(46)21(15-43)39-28(47)22-10-8-14-42(22)32(51)19(9-6-7-13-34)37-29(48)24(36)18(5)44/h16-22,24-26,43-44H,6-15,34,36H2,1-5H3,(H2,35,45)(H,37,48)(H,38,49)(H,39,47)(H,40,46)(H,41,50)(H,52,53)/t18-,19+,20+,21+,22+,24+,25+,26+/m1/s1. The molecule has 1 fully saturated rings. The normalized spacial score (nSPS) is 18.2. The highest BCUT2D eigenvalue weighted by Gasteiger charge is 2.40. The van der Waals surface area contributed by atoms with E-state index in [2.05, 4.69) is 26.6 Å². The Balaban J connectivity index is 3.08. The van der Waals surface area contributed by atoms with Gasteiger partial charge in [0, 0.05) is 13.0 Å². The molecule has 53 heavy (non-hydrogen) atoms. The molecule has 1 saturated heterocycles. The van der Waals surface area contributed by atoms with Crippen molar-refractivity contribution in [2.75, 3.05) is 19.7 Å². The molecule has 0 saturated carbocycles. The summed E-state index contributed by atoms with van der Waals surface area (Å²) in [4.78, 5) is 104. The van der Waals surface area contributed by atoms with Crippen LogP contribution in [0.1, 0.15) is 79.6 Å². The van der Waals surface area contributed by atoms with Gasteiger partial charge in [-0.3, -0.25) is 33.6 Å². The third kappa shape index (κ3) is 14.9. The molecule has 20 heteroatoms. The van der Waals surface area contributed by atoms with Gasteiger partial charge in [-0.25, -0.2) is 4.79 Å². The maximum atomic E-state index is 13.7. The summed E-state index contributed by atoms with van der Waals surface area (Å²) in [6.45, 7) is 7.37. The predicted molar refractivity (Wildman–Crippen MR) is 190 cm³/mol. The van der Waals surface area contributed by atoms with Crippen LogP contribution >= 0.6 is 0 Å². The van der Waals surface area contributed by atoms with Gasteiger partial charge in [-0.15, -0.1) is 0 Å². The molecule has 1 heterocycles. The molecule has 0 spiro atoms. The maximum Gasteiger partial charge on any atom is 0.326 e. The van der Waals surface area contributed by atoms with Crippen molar-refractivity contribution in [1.29, 1.82) is 0 Å². The Hall–Kier alpha value is -4.40. The number of aliphatic carboxylic acids is 1. The molecule has 0 aromatic carbocycles. The highest BCUT2D eigenvalue weighted by Crippen LogP contribution is 2.20. The Bertz CT molecular complexity index is 1300. The van der Waals surface area contributed by atoms with Crippen LogP contribution in [-0.2, 0) is 38.4 Å². The van der Waals surface area contributed by atoms with Crippen LogP contribution in [0.3, 0.4) is 0 Å². The van der Waals surface area contributed by atoms with E-state index in [0.717, 1.165) is 0 Å². The number of nitrogens with zero attached hydrogens (tertiary/aromatic N) is 1. The second kappa shape index (κ2) is 22.6. The molecule has 0 unspecified atom stereocenters. The van der Waals surface area contributed by atoms with Crippen LogP contribution in [0, 0.1) is 11.8 Å². The van der Waals surface area contributed by atoms with Gasteiger partial charge in [0.05, 0.1) is 12.7 Å². The van der Waals surface area contributed by atoms with Crippen LogP contribution in [-0.4, -0.2) is 136 Å². The molecule has 1 rings (SSSR count). The van der Waals surface area contributed by atoms with Crippen molar-refractivity contribution < 1.29 is 53.7 Å². The number of primary amides is 1. The molecule has 20 nitrogen and oxygen atoms in total. The van der Waals surface area contributed by atoms with Gasteiger partial charge in [0.25, 0.3) is 0 Å². The lowest BCUT2D eigenvalue weighted by Crippen LogP contribution is -2.61. The summed E-state index contributed by atoms with van der Waals surface area (Å²) in [6.07, 6.45) is 0.106. The quantitative estimate of drug-likeness (QED) is 0.0442. The second-order valence-electron chi connectivity index (χ2n) is 13.9. The van der Waals surface area contributed by atoms with Gasteiger partial charge < -0.3 is 64.0 Å². The minimum Gasteiger partial charge on any atom is -0.480 e. The fraction of sp³-hybridized carbons (Fsp3) is 0.758. The summed E-state index contributed by atoms with van der Waals surface area (Å²) in [5, 5.41) is 41.6. The first-order valence-corrected chi connectivity index (χ1v) is 17.8. The number of aliphatic hydroxyl groups is 2. The molecule has 8 atom stereocenters. The molecule has 0 radical (unpaired) electrons. The van der Waals surface area contributed by atoms with Crippen molar-refractivity contribution in [2.45, 2.75) is 128 Å². The first-order valence-electron chi connectivity index (χ1n) is 17.8. The highest BCUT2D eigenvalue weighted by molar-refractivity contribution is 5.97. The number of carboxylic acid groups (broad SMARTS) is 1. The van der Waals surface area contributed by atoms with Crippen molar-refractivity contribution in [3.05, 3.63) is 0 Å². The van der Waals surface area contributed by atoms with Crippen molar-refractivity contribution in [1.82, 2.24) is 31.5 Å². The number of aliphatic hydroxyl groups excluding tert-OH is 2. The van der Waals surface area contributed by atoms with Gasteiger partial charge in [-0.1, -0.05) is 27.7 Å². The van der Waals surface area contributed by atoms with Gasteiger partial charge in [0.2, 0.25) is 41.4 Å². The van der Waals surface area contributed by atoms with Crippen LogP contribution in [0.5, 0.6) is 0 Å². The van der Waals surface area contributed by atoms with Gasteiger partial charge in [-0.05, 0) is 63.8 Å². The zero-order chi connectivity index (χ0) is 40.6. The molecule has 0 aromatic rings. The van der Waals surface area contributed by atoms with E-state index in [9.17, 15) is 53.7 Å². The van der Waals surface area contributed by atoms with Crippen LogP contribution in [0.15, 0.2) is 0 Å². The average molecular weight is 758 g/mol. The van der Waals surface area contributed by atoms with E-state index in [4.69, 9.17) is 17.2 Å². The molecule has 0 bridgehead atoms. The topological polar surface area (TPSA) is 339 Å². The van der Waals surface area contributed by atoms with Crippen LogP contribution < -0.4 is 43.8 Å². The molecule has 0 aliphatic carbocycles. The third-order valence-corrected chi connectivity index (χ3v) is 8.83. The van der Waals surface area contributed by atoms with Gasteiger partial charge in [0.15, 0.2) is 0 Å². The highest BCUT2D eigenvalue weighted by atomic mass is 16.4. The zero-order valence-electron chi connectivity index (χ0n) is 31.1. The Morgan fingerprint density at radius 3 is 1.79 bits per heavy atom. The van der Waals surface area contributed by atoms with E-state index in [1.807, 2.05) is 0 Å². The first-order chi connectivity index (χ1) is 24.8. The third-order valence-electron chi connectivity index (χ3n) is 8.83. The molecule has 14 N–H and O–H groups in total. The van der Waals surface area contributed by atoms with Crippen molar-refractivity contribution in [3.63, 3.8) is 0 Å². The summed E-state index contributed by atoms with van der Waals surface area (Å²) >= 11 is 0. The summed E-state index contributed by atoms with van der Waals surface area (Å²) < 4.78 is 0. The monoisotopic (exact) mass is 757 g/mol. The number of carboxylic acids is 1. The van der Waals surface area contributed by atoms with E-state index < -0.39 is 114 Å². The van der Waals surface area contributed by atoms with Crippen LogP contribution in [0.4, 0.5) is 0 Å². The van der Waals surface area contributed by atoms with Crippen LogP contribution in [0.2, 0.25) is 0 Å². The molecular formula is C33H59N9O11. The number of amides is 7. The largest absolute Gasteiger partial charge is 0.480 e. The summed E-state index contributed by atoms with van der Waals surface area (Å²) in [5.41, 5.74) is 16.4. The zero-order valence-corrected chi connectivity index (χ0v) is 31.1. The number of nitrogens with two attached hydrogens (primary N) is 3. The lowest BCUT2D eigenvalue weighted by atomic mass is 9.99.